The van der Waals surface area contributed by atoms with Gasteiger partial charge in [-0.15, -0.1) is 0 Å². The zero-order valence-corrected chi connectivity index (χ0v) is 5.67. The molecule has 1 aromatic rings. The zero-order valence-electron chi connectivity index (χ0n) is 5.67. The fraction of sp³-hybridized carbons (Fsp3) is 0. The average molecular weight is 154 g/mol. The highest BCUT2D eigenvalue weighted by atomic mass is 19.1. The Balaban J connectivity index is 2.95. The molecule has 1 amide bonds. The number of halogens is 1. The first-order valence-corrected chi connectivity index (χ1v) is 2.99. The van der Waals surface area contributed by atoms with Gasteiger partial charge in [0.2, 0.25) is 6.41 Å². The highest BCUT2D eigenvalue weighted by Gasteiger charge is 1.97. The molecule has 0 bridgehead atoms. The van der Waals surface area contributed by atoms with E-state index in [-0.39, 0.29) is 5.69 Å². The molecule has 0 unspecified atom stereocenters. The summed E-state index contributed by atoms with van der Waals surface area (Å²) in [5.41, 5.74) is 5.73. The third-order valence-corrected chi connectivity index (χ3v) is 1.22. The third-order valence-electron chi connectivity index (χ3n) is 1.22. The standard InChI is InChI=1S/C7H7FN2O/c8-6-2-1-5(10-4-11)3-7(6)9/h1-4H,9H2,(H,10,11). The van der Waals surface area contributed by atoms with Crippen LogP contribution >= 0.6 is 0 Å². The Hall–Kier alpha value is -1.58. The number of amides is 1. The van der Waals surface area contributed by atoms with E-state index in [1.165, 1.54) is 18.2 Å². The van der Waals surface area contributed by atoms with Crippen LogP contribution in [0.4, 0.5) is 15.8 Å². The maximum atomic E-state index is 12.5. The Labute approximate surface area is 63.0 Å². The quantitative estimate of drug-likeness (QED) is 0.492. The van der Waals surface area contributed by atoms with Gasteiger partial charge in [-0.05, 0) is 18.2 Å². The molecule has 0 fully saturated rings. The minimum atomic E-state index is -0.485. The van der Waals surface area contributed by atoms with Gasteiger partial charge in [0.1, 0.15) is 5.82 Å². The SMILES string of the molecule is Nc1cc(NC=O)ccc1F. The number of benzene rings is 1. The van der Waals surface area contributed by atoms with E-state index in [1.54, 1.807) is 0 Å². The number of carbonyl (C=O) groups is 1. The number of nitrogens with two attached hydrogens (primary N) is 1. The molecule has 11 heavy (non-hydrogen) atoms. The van der Waals surface area contributed by atoms with Crippen LogP contribution < -0.4 is 11.1 Å². The van der Waals surface area contributed by atoms with Crippen molar-refractivity contribution >= 4 is 17.8 Å². The molecule has 0 aliphatic carbocycles. The Morgan fingerprint density at radius 1 is 1.55 bits per heavy atom. The number of hydrogen-bond donors (Lipinski definition) is 2. The Morgan fingerprint density at radius 2 is 2.27 bits per heavy atom. The number of nitrogens with one attached hydrogen (secondary N) is 1. The van der Waals surface area contributed by atoms with Gasteiger partial charge in [0.05, 0.1) is 5.69 Å². The molecule has 0 radical (unpaired) electrons. The van der Waals surface area contributed by atoms with Gasteiger partial charge in [0.25, 0.3) is 0 Å². The molecule has 4 heteroatoms. The second-order valence-corrected chi connectivity index (χ2v) is 2.00. The molecule has 1 aromatic carbocycles. The van der Waals surface area contributed by atoms with E-state index < -0.39 is 5.82 Å². The van der Waals surface area contributed by atoms with Gasteiger partial charge in [0.15, 0.2) is 0 Å². The van der Waals surface area contributed by atoms with Crippen molar-refractivity contribution in [2.75, 3.05) is 11.1 Å². The average Bonchev–Trinajstić information content (AvgIpc) is 1.98. The van der Waals surface area contributed by atoms with E-state index in [4.69, 9.17) is 5.73 Å². The van der Waals surface area contributed by atoms with Crippen molar-refractivity contribution < 1.29 is 9.18 Å². The minimum Gasteiger partial charge on any atom is -0.396 e. The van der Waals surface area contributed by atoms with Crippen molar-refractivity contribution in [3.05, 3.63) is 24.0 Å². The topological polar surface area (TPSA) is 55.1 Å². The fourth-order valence-corrected chi connectivity index (χ4v) is 0.702. The second-order valence-electron chi connectivity index (χ2n) is 2.00. The highest BCUT2D eigenvalue weighted by molar-refractivity contribution is 5.72. The normalized spacial score (nSPS) is 9.18. The zero-order chi connectivity index (χ0) is 8.27. The van der Waals surface area contributed by atoms with E-state index in [1.807, 2.05) is 0 Å². The molecular formula is C7H7FN2O. The molecule has 3 nitrogen and oxygen atoms in total. The Morgan fingerprint density at radius 3 is 2.82 bits per heavy atom. The number of nitrogen functional groups attached to an aromatic ring is 1. The van der Waals surface area contributed by atoms with Crippen LogP contribution in [0.1, 0.15) is 0 Å². The first-order chi connectivity index (χ1) is 5.24. The van der Waals surface area contributed by atoms with Crippen LogP contribution in [-0.2, 0) is 4.79 Å². The first-order valence-electron chi connectivity index (χ1n) is 2.99. The van der Waals surface area contributed by atoms with Crippen LogP contribution in [-0.4, -0.2) is 6.41 Å². The summed E-state index contributed by atoms with van der Waals surface area (Å²) in [6, 6.07) is 3.98. The molecule has 0 saturated heterocycles. The lowest BCUT2D eigenvalue weighted by atomic mass is 10.3. The van der Waals surface area contributed by atoms with Crippen molar-refractivity contribution in [2.24, 2.45) is 0 Å². The summed E-state index contributed by atoms with van der Waals surface area (Å²) in [5.74, 6) is -0.485. The molecule has 0 heterocycles. The van der Waals surface area contributed by atoms with Gasteiger partial charge < -0.3 is 11.1 Å². The van der Waals surface area contributed by atoms with Crippen LogP contribution in [0.2, 0.25) is 0 Å². The van der Waals surface area contributed by atoms with Crippen LogP contribution in [0.25, 0.3) is 0 Å². The summed E-state index contributed by atoms with van der Waals surface area (Å²) >= 11 is 0. The van der Waals surface area contributed by atoms with Crippen molar-refractivity contribution in [2.45, 2.75) is 0 Å². The van der Waals surface area contributed by atoms with Gasteiger partial charge in [0, 0.05) is 5.69 Å². The Kier molecular flexibility index (Phi) is 2.06. The summed E-state index contributed by atoms with van der Waals surface area (Å²) in [4.78, 5) is 9.92. The summed E-state index contributed by atoms with van der Waals surface area (Å²) in [6.07, 6.45) is 0.507. The molecule has 1 rings (SSSR count). The molecule has 0 saturated carbocycles. The maximum absolute atomic E-state index is 12.5. The predicted octanol–water partition coefficient (Wildman–Crippen LogP) is 0.976. The molecule has 58 valence electrons. The molecule has 0 aliphatic rings. The second kappa shape index (κ2) is 3.01. The third kappa shape index (κ3) is 1.67. The summed E-state index contributed by atoms with van der Waals surface area (Å²) in [5, 5.41) is 2.35. The van der Waals surface area contributed by atoms with Crippen LogP contribution in [0.15, 0.2) is 18.2 Å². The predicted molar refractivity (Wildman–Crippen MR) is 40.5 cm³/mol. The van der Waals surface area contributed by atoms with Gasteiger partial charge in [-0.3, -0.25) is 4.79 Å². The summed E-state index contributed by atoms with van der Waals surface area (Å²) < 4.78 is 12.5. The molecular weight excluding hydrogens is 147 g/mol. The van der Waals surface area contributed by atoms with Crippen LogP contribution in [0.3, 0.4) is 0 Å². The number of rotatable bonds is 2. The van der Waals surface area contributed by atoms with Gasteiger partial charge >= 0.3 is 0 Å². The maximum Gasteiger partial charge on any atom is 0.211 e. The summed E-state index contributed by atoms with van der Waals surface area (Å²) in [7, 11) is 0. The number of hydrogen-bond acceptors (Lipinski definition) is 2. The first kappa shape index (κ1) is 7.53. The Bertz CT molecular complexity index is 275. The highest BCUT2D eigenvalue weighted by Crippen LogP contribution is 2.15. The molecule has 0 aromatic heterocycles. The summed E-state index contributed by atoms with van der Waals surface area (Å²) in [6.45, 7) is 0. The molecule has 0 aliphatic heterocycles. The lowest BCUT2D eigenvalue weighted by Gasteiger charge is -1.99. The lowest BCUT2D eigenvalue weighted by molar-refractivity contribution is -0.105. The molecule has 0 atom stereocenters. The van der Waals surface area contributed by atoms with E-state index in [9.17, 15) is 9.18 Å². The number of anilines is 2. The fourth-order valence-electron chi connectivity index (χ4n) is 0.702. The van der Waals surface area contributed by atoms with E-state index in [0.29, 0.717) is 12.1 Å². The van der Waals surface area contributed by atoms with Gasteiger partial charge in [-0.1, -0.05) is 0 Å². The van der Waals surface area contributed by atoms with E-state index in [2.05, 4.69) is 5.32 Å². The van der Waals surface area contributed by atoms with Crippen molar-refractivity contribution in [3.8, 4) is 0 Å². The van der Waals surface area contributed by atoms with Gasteiger partial charge in [-0.2, -0.15) is 0 Å². The largest absolute Gasteiger partial charge is 0.396 e. The minimum absolute atomic E-state index is 0.0249. The number of carbonyl (C=O) groups excluding carboxylic acids is 1. The monoisotopic (exact) mass is 154 g/mol. The molecule has 0 spiro atoms. The lowest BCUT2D eigenvalue weighted by Crippen LogP contribution is -1.96. The van der Waals surface area contributed by atoms with E-state index in [0.717, 1.165) is 0 Å². The van der Waals surface area contributed by atoms with Crippen molar-refractivity contribution in [3.63, 3.8) is 0 Å². The van der Waals surface area contributed by atoms with Crippen LogP contribution in [0.5, 0.6) is 0 Å². The van der Waals surface area contributed by atoms with Crippen molar-refractivity contribution in [1.29, 1.82) is 0 Å². The van der Waals surface area contributed by atoms with Crippen molar-refractivity contribution in [1.82, 2.24) is 0 Å². The molecule has 3 N–H and O–H groups in total. The van der Waals surface area contributed by atoms with E-state index >= 15 is 0 Å². The smallest absolute Gasteiger partial charge is 0.211 e. The van der Waals surface area contributed by atoms with Crippen LogP contribution in [0, 0.1) is 5.82 Å². The van der Waals surface area contributed by atoms with Gasteiger partial charge in [-0.25, -0.2) is 4.39 Å².